The molecule has 0 spiro atoms. The molecule has 1 aliphatic heterocycles. The molecule has 0 unspecified atom stereocenters. The molecule has 2 aromatic heterocycles. The van der Waals surface area contributed by atoms with Crippen LogP contribution in [0.25, 0.3) is 11.7 Å². The molecule has 1 saturated heterocycles. The number of aromatic nitrogens is 4. The molecule has 2 fully saturated rings. The first-order chi connectivity index (χ1) is 15.0. The van der Waals surface area contributed by atoms with Crippen LogP contribution in [0.2, 0.25) is 5.02 Å². The smallest absolute Gasteiger partial charge is 0.254 e. The van der Waals surface area contributed by atoms with Crippen molar-refractivity contribution in [2.45, 2.75) is 31.8 Å². The summed E-state index contributed by atoms with van der Waals surface area (Å²) in [6.45, 7) is 0.132. The van der Waals surface area contributed by atoms with Crippen LogP contribution < -0.4 is 16.0 Å². The molecular weight excluding hydrogens is 425 g/mol. The van der Waals surface area contributed by atoms with E-state index in [2.05, 4.69) is 31.0 Å². The van der Waals surface area contributed by atoms with E-state index in [1.807, 2.05) is 0 Å². The zero-order valence-corrected chi connectivity index (χ0v) is 16.9. The van der Waals surface area contributed by atoms with Gasteiger partial charge in [0.15, 0.2) is 5.65 Å². The van der Waals surface area contributed by atoms with Crippen LogP contribution in [0, 0.1) is 5.82 Å². The van der Waals surface area contributed by atoms with Gasteiger partial charge < -0.3 is 10.6 Å². The average Bonchev–Trinajstić information content (AvgIpc) is 3.37. The lowest BCUT2D eigenvalue weighted by atomic mass is 10.1. The standard InChI is InChI=1S/C20H17ClFN7O2/c21-13-1-4-15(22)11(6-13)8-23-19-27-17-12(5-10-7-16(30)26-18(10)31)9-24-29(17)20(28-19)25-14-2-3-14/h1,4-6,9,14H,2-3,7-8H2,(H,26,30,31)(H2,23,25,27,28)/b10-5+. The Balaban J connectivity index is 1.50. The van der Waals surface area contributed by atoms with Gasteiger partial charge in [-0.25, -0.2) is 4.39 Å². The number of fused-ring (bicyclic) bond motifs is 1. The summed E-state index contributed by atoms with van der Waals surface area (Å²) in [6, 6.07) is 4.63. The second-order valence-corrected chi connectivity index (χ2v) is 7.87. The third kappa shape index (κ3) is 4.06. The maximum atomic E-state index is 14.1. The molecule has 1 aliphatic carbocycles. The van der Waals surface area contributed by atoms with E-state index in [-0.39, 0.29) is 30.6 Å². The zero-order valence-electron chi connectivity index (χ0n) is 16.2. The number of rotatable bonds is 6. The van der Waals surface area contributed by atoms with Crippen LogP contribution >= 0.6 is 11.6 Å². The molecule has 158 valence electrons. The Bertz CT molecular complexity index is 1250. The van der Waals surface area contributed by atoms with E-state index in [0.29, 0.717) is 39.4 Å². The average molecular weight is 442 g/mol. The maximum Gasteiger partial charge on any atom is 0.254 e. The van der Waals surface area contributed by atoms with Crippen molar-refractivity contribution < 1.29 is 14.0 Å². The number of imide groups is 1. The molecule has 0 bridgehead atoms. The summed E-state index contributed by atoms with van der Waals surface area (Å²) >= 11 is 5.96. The van der Waals surface area contributed by atoms with Gasteiger partial charge in [0.25, 0.3) is 5.91 Å². The molecule has 1 aromatic carbocycles. The molecule has 9 nitrogen and oxygen atoms in total. The van der Waals surface area contributed by atoms with Gasteiger partial charge in [-0.1, -0.05) is 11.6 Å². The van der Waals surface area contributed by atoms with Crippen molar-refractivity contribution in [3.05, 3.63) is 51.9 Å². The van der Waals surface area contributed by atoms with Crippen molar-refractivity contribution in [1.82, 2.24) is 24.9 Å². The monoisotopic (exact) mass is 441 g/mol. The lowest BCUT2D eigenvalue weighted by molar-refractivity contribution is -0.124. The number of halogens is 2. The highest BCUT2D eigenvalue weighted by atomic mass is 35.5. The normalized spacial score (nSPS) is 17.4. The third-order valence-electron chi connectivity index (χ3n) is 4.98. The van der Waals surface area contributed by atoms with E-state index >= 15 is 0 Å². The van der Waals surface area contributed by atoms with Crippen LogP contribution in [0.4, 0.5) is 16.3 Å². The quantitative estimate of drug-likeness (QED) is 0.398. The number of hydrogen-bond donors (Lipinski definition) is 3. The molecule has 2 amide bonds. The summed E-state index contributed by atoms with van der Waals surface area (Å²) in [7, 11) is 0. The van der Waals surface area contributed by atoms with Gasteiger partial charge in [0.05, 0.1) is 12.6 Å². The molecule has 0 atom stereocenters. The van der Waals surface area contributed by atoms with E-state index < -0.39 is 5.91 Å². The minimum atomic E-state index is -0.426. The molecule has 11 heteroatoms. The molecule has 3 heterocycles. The molecular formula is C20H17ClFN7O2. The minimum Gasteiger partial charge on any atom is -0.351 e. The van der Waals surface area contributed by atoms with Crippen molar-refractivity contribution in [3.8, 4) is 0 Å². The highest BCUT2D eigenvalue weighted by molar-refractivity contribution is 6.30. The third-order valence-corrected chi connectivity index (χ3v) is 5.21. The Kier molecular flexibility index (Phi) is 4.78. The van der Waals surface area contributed by atoms with Gasteiger partial charge in [-0.15, -0.1) is 0 Å². The van der Waals surface area contributed by atoms with Gasteiger partial charge >= 0.3 is 0 Å². The van der Waals surface area contributed by atoms with Gasteiger partial charge in [0.2, 0.25) is 17.8 Å². The summed E-state index contributed by atoms with van der Waals surface area (Å²) in [5.74, 6) is -0.407. The van der Waals surface area contributed by atoms with Gasteiger partial charge in [-0.2, -0.15) is 19.6 Å². The summed E-state index contributed by atoms with van der Waals surface area (Å²) in [4.78, 5) is 32.4. The Hall–Kier alpha value is -3.53. The van der Waals surface area contributed by atoms with Gasteiger partial charge in [0, 0.05) is 34.3 Å². The summed E-state index contributed by atoms with van der Waals surface area (Å²) in [5, 5.41) is 13.3. The number of hydrogen-bond acceptors (Lipinski definition) is 7. The predicted octanol–water partition coefficient (Wildman–Crippen LogP) is 2.53. The van der Waals surface area contributed by atoms with Crippen molar-refractivity contribution in [1.29, 1.82) is 0 Å². The minimum absolute atomic E-state index is 0.00753. The number of nitrogens with one attached hydrogen (secondary N) is 3. The Morgan fingerprint density at radius 1 is 1.29 bits per heavy atom. The van der Waals surface area contributed by atoms with E-state index in [9.17, 15) is 14.0 Å². The van der Waals surface area contributed by atoms with Crippen LogP contribution in [0.15, 0.2) is 30.0 Å². The number of carbonyl (C=O) groups is 2. The lowest BCUT2D eigenvalue weighted by Crippen LogP contribution is -2.19. The Morgan fingerprint density at radius 2 is 2.13 bits per heavy atom. The van der Waals surface area contributed by atoms with Crippen LogP contribution in [-0.2, 0) is 16.1 Å². The largest absolute Gasteiger partial charge is 0.351 e. The molecule has 5 rings (SSSR count). The molecule has 1 saturated carbocycles. The first-order valence-corrected chi connectivity index (χ1v) is 10.1. The summed E-state index contributed by atoms with van der Waals surface area (Å²) in [5.41, 5.74) is 1.74. The Labute approximate surface area is 180 Å². The van der Waals surface area contributed by atoms with Crippen molar-refractivity contribution in [2.24, 2.45) is 0 Å². The van der Waals surface area contributed by atoms with E-state index in [1.54, 1.807) is 16.8 Å². The molecule has 3 N–H and O–H groups in total. The molecule has 2 aliphatic rings. The van der Waals surface area contributed by atoms with Crippen molar-refractivity contribution in [2.75, 3.05) is 10.6 Å². The highest BCUT2D eigenvalue weighted by Crippen LogP contribution is 2.26. The summed E-state index contributed by atoms with van der Waals surface area (Å²) < 4.78 is 15.6. The van der Waals surface area contributed by atoms with Crippen LogP contribution in [0.3, 0.4) is 0 Å². The molecule has 0 radical (unpaired) electrons. The van der Waals surface area contributed by atoms with Gasteiger partial charge in [-0.3, -0.25) is 14.9 Å². The SMILES string of the molecule is O=C1C/C(=C\c2cnn3c(NC4CC4)nc(NCc4cc(Cl)ccc4F)nc23)C(=O)N1. The number of benzene rings is 1. The van der Waals surface area contributed by atoms with Gasteiger partial charge in [0.1, 0.15) is 5.82 Å². The van der Waals surface area contributed by atoms with Crippen LogP contribution in [-0.4, -0.2) is 37.4 Å². The first kappa shape index (κ1) is 19.4. The van der Waals surface area contributed by atoms with E-state index in [1.165, 1.54) is 18.2 Å². The number of carbonyl (C=O) groups excluding carboxylic acids is 2. The zero-order chi connectivity index (χ0) is 21.5. The second-order valence-electron chi connectivity index (χ2n) is 7.44. The second kappa shape index (κ2) is 7.62. The fourth-order valence-electron chi connectivity index (χ4n) is 3.24. The van der Waals surface area contributed by atoms with Crippen LogP contribution in [0.5, 0.6) is 0 Å². The predicted molar refractivity (Wildman–Crippen MR) is 112 cm³/mol. The maximum absolute atomic E-state index is 14.1. The lowest BCUT2D eigenvalue weighted by Gasteiger charge is -2.11. The number of nitrogens with zero attached hydrogens (tertiary/aromatic N) is 4. The van der Waals surface area contributed by atoms with Crippen molar-refractivity contribution >= 4 is 47.0 Å². The molecule has 3 aromatic rings. The number of amides is 2. The Morgan fingerprint density at radius 3 is 2.87 bits per heavy atom. The van der Waals surface area contributed by atoms with Crippen LogP contribution in [0.1, 0.15) is 30.4 Å². The first-order valence-electron chi connectivity index (χ1n) is 9.71. The number of anilines is 2. The van der Waals surface area contributed by atoms with Crippen molar-refractivity contribution in [3.63, 3.8) is 0 Å². The van der Waals surface area contributed by atoms with E-state index in [4.69, 9.17) is 11.6 Å². The molecule has 31 heavy (non-hydrogen) atoms. The fraction of sp³-hybridized carbons (Fsp3) is 0.250. The highest BCUT2D eigenvalue weighted by Gasteiger charge is 2.26. The summed E-state index contributed by atoms with van der Waals surface area (Å²) in [6.07, 6.45) is 5.22. The topological polar surface area (TPSA) is 113 Å². The van der Waals surface area contributed by atoms with Gasteiger partial charge in [-0.05, 0) is 37.1 Å². The fourth-order valence-corrected chi connectivity index (χ4v) is 3.44. The van der Waals surface area contributed by atoms with E-state index in [0.717, 1.165) is 12.8 Å².